The quantitative estimate of drug-likeness (QED) is 0.901. The Morgan fingerprint density at radius 3 is 2.74 bits per heavy atom. The Morgan fingerprint density at radius 2 is 2.11 bits per heavy atom. The second kappa shape index (κ2) is 6.04. The highest BCUT2D eigenvalue weighted by Gasteiger charge is 2.32. The Morgan fingerprint density at radius 1 is 1.37 bits per heavy atom. The van der Waals surface area contributed by atoms with Gasteiger partial charge in [0, 0.05) is 24.7 Å². The number of rotatable bonds is 4. The summed E-state index contributed by atoms with van der Waals surface area (Å²) in [5.74, 6) is 0. The van der Waals surface area contributed by atoms with E-state index in [1.807, 2.05) is 7.05 Å². The minimum Gasteiger partial charge on any atom is -0.378 e. The van der Waals surface area contributed by atoms with E-state index in [4.69, 9.17) is 4.74 Å². The predicted octanol–water partition coefficient (Wildman–Crippen LogP) is 2.37. The molecule has 1 aromatic carbocycles. The van der Waals surface area contributed by atoms with Crippen LogP contribution in [0.1, 0.15) is 31.0 Å². The number of nitrogens with zero attached hydrogens (tertiary/aromatic N) is 1. The fourth-order valence-electron chi connectivity index (χ4n) is 2.77. The van der Waals surface area contributed by atoms with Crippen LogP contribution in [0, 0.1) is 6.92 Å². The van der Waals surface area contributed by atoms with Gasteiger partial charge < -0.3 is 10.1 Å². The lowest BCUT2D eigenvalue weighted by Crippen LogP contribution is -2.55. The third-order valence-corrected chi connectivity index (χ3v) is 4.13. The Balaban J connectivity index is 2.13. The first kappa shape index (κ1) is 14.5. The van der Waals surface area contributed by atoms with E-state index in [1.165, 1.54) is 11.1 Å². The summed E-state index contributed by atoms with van der Waals surface area (Å²) in [5.41, 5.74) is 2.87. The normalized spacial score (nSPS) is 21.3. The summed E-state index contributed by atoms with van der Waals surface area (Å²) < 4.78 is 5.60. The average Bonchev–Trinajstić information content (AvgIpc) is 2.38. The van der Waals surface area contributed by atoms with Gasteiger partial charge in [0.15, 0.2) is 0 Å². The average molecular weight is 262 g/mol. The molecule has 1 saturated heterocycles. The van der Waals surface area contributed by atoms with E-state index in [0.717, 1.165) is 26.3 Å². The highest BCUT2D eigenvalue weighted by molar-refractivity contribution is 5.29. The summed E-state index contributed by atoms with van der Waals surface area (Å²) in [6.07, 6.45) is 0. The molecule has 0 spiro atoms. The van der Waals surface area contributed by atoms with E-state index in [2.05, 4.69) is 55.3 Å². The van der Waals surface area contributed by atoms with Crippen LogP contribution >= 0.6 is 0 Å². The van der Waals surface area contributed by atoms with E-state index in [0.29, 0.717) is 6.04 Å². The molecule has 1 aliphatic heterocycles. The maximum Gasteiger partial charge on any atom is 0.0645 e. The summed E-state index contributed by atoms with van der Waals surface area (Å²) in [6.45, 7) is 10.4. The standard InChI is InChI=1S/C16H26N2O/c1-13-7-5-6-8-14(13)15(17-4)11-18-9-10-19-12-16(18,2)3/h5-8,15,17H,9-12H2,1-4H3. The summed E-state index contributed by atoms with van der Waals surface area (Å²) in [6, 6.07) is 9.01. The molecule has 0 bridgehead atoms. The van der Waals surface area contributed by atoms with Crippen molar-refractivity contribution in [2.24, 2.45) is 0 Å². The van der Waals surface area contributed by atoms with Crippen molar-refractivity contribution in [2.45, 2.75) is 32.4 Å². The third kappa shape index (κ3) is 3.35. The van der Waals surface area contributed by atoms with Crippen LogP contribution in [-0.4, -0.2) is 43.8 Å². The first-order valence-electron chi connectivity index (χ1n) is 7.10. The van der Waals surface area contributed by atoms with Gasteiger partial charge in [-0.3, -0.25) is 4.90 Å². The van der Waals surface area contributed by atoms with Crippen molar-refractivity contribution in [1.82, 2.24) is 10.2 Å². The van der Waals surface area contributed by atoms with Crippen molar-refractivity contribution < 1.29 is 4.74 Å². The molecular weight excluding hydrogens is 236 g/mol. The number of hydrogen-bond acceptors (Lipinski definition) is 3. The lowest BCUT2D eigenvalue weighted by Gasteiger charge is -2.43. The molecule has 106 valence electrons. The van der Waals surface area contributed by atoms with Crippen LogP contribution < -0.4 is 5.32 Å². The predicted molar refractivity (Wildman–Crippen MR) is 79.5 cm³/mol. The topological polar surface area (TPSA) is 24.5 Å². The summed E-state index contributed by atoms with van der Waals surface area (Å²) in [7, 11) is 2.05. The second-order valence-corrected chi connectivity index (χ2v) is 6.01. The molecular formula is C16H26N2O. The van der Waals surface area contributed by atoms with Gasteiger partial charge in [-0.2, -0.15) is 0 Å². The first-order valence-corrected chi connectivity index (χ1v) is 7.10. The molecule has 1 aromatic rings. The number of hydrogen-bond donors (Lipinski definition) is 1. The van der Waals surface area contributed by atoms with Crippen LogP contribution in [0.5, 0.6) is 0 Å². The third-order valence-electron chi connectivity index (χ3n) is 4.13. The smallest absolute Gasteiger partial charge is 0.0645 e. The number of likely N-dealkylation sites (N-methyl/N-ethyl adjacent to an activating group) is 1. The molecule has 3 nitrogen and oxygen atoms in total. The van der Waals surface area contributed by atoms with Crippen LogP contribution in [0.15, 0.2) is 24.3 Å². The zero-order valence-corrected chi connectivity index (χ0v) is 12.6. The lowest BCUT2D eigenvalue weighted by atomic mass is 9.97. The molecule has 1 aliphatic rings. The molecule has 3 heteroatoms. The highest BCUT2D eigenvalue weighted by atomic mass is 16.5. The number of ether oxygens (including phenoxy) is 1. The number of morpholine rings is 1. The van der Waals surface area contributed by atoms with Gasteiger partial charge in [0.05, 0.1) is 13.2 Å². The number of benzene rings is 1. The Bertz CT molecular complexity index is 417. The van der Waals surface area contributed by atoms with Crippen LogP contribution in [0.2, 0.25) is 0 Å². The van der Waals surface area contributed by atoms with Crippen molar-refractivity contribution >= 4 is 0 Å². The van der Waals surface area contributed by atoms with Crippen molar-refractivity contribution in [3.63, 3.8) is 0 Å². The molecule has 0 aliphatic carbocycles. The van der Waals surface area contributed by atoms with E-state index in [-0.39, 0.29) is 5.54 Å². The van der Waals surface area contributed by atoms with Crippen molar-refractivity contribution in [3.8, 4) is 0 Å². The maximum absolute atomic E-state index is 5.60. The van der Waals surface area contributed by atoms with Gasteiger partial charge in [0.25, 0.3) is 0 Å². The van der Waals surface area contributed by atoms with E-state index in [9.17, 15) is 0 Å². The minimum atomic E-state index is 0.121. The summed E-state index contributed by atoms with van der Waals surface area (Å²) >= 11 is 0. The Labute approximate surface area is 116 Å². The van der Waals surface area contributed by atoms with Crippen LogP contribution in [-0.2, 0) is 4.74 Å². The molecule has 2 rings (SSSR count). The fourth-order valence-corrected chi connectivity index (χ4v) is 2.77. The molecule has 0 saturated carbocycles. The molecule has 0 radical (unpaired) electrons. The lowest BCUT2D eigenvalue weighted by molar-refractivity contribution is -0.0543. The summed E-state index contributed by atoms with van der Waals surface area (Å²) in [5, 5.41) is 3.46. The molecule has 1 fully saturated rings. The van der Waals surface area contributed by atoms with Gasteiger partial charge in [-0.1, -0.05) is 24.3 Å². The fraction of sp³-hybridized carbons (Fsp3) is 0.625. The molecule has 0 amide bonds. The Hall–Kier alpha value is -0.900. The molecule has 1 heterocycles. The van der Waals surface area contributed by atoms with Crippen LogP contribution in [0.3, 0.4) is 0 Å². The zero-order valence-electron chi connectivity index (χ0n) is 12.6. The van der Waals surface area contributed by atoms with Crippen molar-refractivity contribution in [1.29, 1.82) is 0 Å². The van der Waals surface area contributed by atoms with Gasteiger partial charge >= 0.3 is 0 Å². The minimum absolute atomic E-state index is 0.121. The zero-order chi connectivity index (χ0) is 13.9. The molecule has 1 unspecified atom stereocenters. The summed E-state index contributed by atoms with van der Waals surface area (Å²) in [4.78, 5) is 2.53. The van der Waals surface area contributed by atoms with Gasteiger partial charge in [-0.05, 0) is 38.9 Å². The van der Waals surface area contributed by atoms with Crippen LogP contribution in [0.4, 0.5) is 0 Å². The van der Waals surface area contributed by atoms with E-state index in [1.54, 1.807) is 0 Å². The number of aryl methyl sites for hydroxylation is 1. The Kier molecular flexibility index (Phi) is 4.61. The van der Waals surface area contributed by atoms with Crippen molar-refractivity contribution in [2.75, 3.05) is 33.4 Å². The second-order valence-electron chi connectivity index (χ2n) is 6.01. The van der Waals surface area contributed by atoms with Gasteiger partial charge in [-0.15, -0.1) is 0 Å². The molecule has 1 N–H and O–H groups in total. The van der Waals surface area contributed by atoms with Crippen LogP contribution in [0.25, 0.3) is 0 Å². The molecule has 19 heavy (non-hydrogen) atoms. The van der Waals surface area contributed by atoms with Crippen molar-refractivity contribution in [3.05, 3.63) is 35.4 Å². The monoisotopic (exact) mass is 262 g/mol. The highest BCUT2D eigenvalue weighted by Crippen LogP contribution is 2.24. The molecule has 0 aromatic heterocycles. The SMILES string of the molecule is CNC(CN1CCOCC1(C)C)c1ccccc1C. The number of nitrogens with one attached hydrogen (secondary N) is 1. The van der Waals surface area contributed by atoms with Gasteiger partial charge in [0.1, 0.15) is 0 Å². The van der Waals surface area contributed by atoms with E-state index < -0.39 is 0 Å². The largest absolute Gasteiger partial charge is 0.378 e. The van der Waals surface area contributed by atoms with Gasteiger partial charge in [0.2, 0.25) is 0 Å². The maximum atomic E-state index is 5.60. The van der Waals surface area contributed by atoms with Gasteiger partial charge in [-0.25, -0.2) is 0 Å². The van der Waals surface area contributed by atoms with E-state index >= 15 is 0 Å². The first-order chi connectivity index (χ1) is 9.04. The molecule has 1 atom stereocenters.